The quantitative estimate of drug-likeness (QED) is 0.862. The number of amides is 1. The Bertz CT molecular complexity index is 372. The molecule has 0 spiro atoms. The van der Waals surface area contributed by atoms with Gasteiger partial charge in [-0.25, -0.2) is 0 Å². The molecule has 0 fully saturated rings. The molecule has 0 bridgehead atoms. The fourth-order valence-corrected chi connectivity index (χ4v) is 1.51. The summed E-state index contributed by atoms with van der Waals surface area (Å²) in [4.78, 5) is 17.3. The van der Waals surface area contributed by atoms with Crippen molar-refractivity contribution in [1.29, 1.82) is 0 Å². The van der Waals surface area contributed by atoms with Crippen LogP contribution in [-0.4, -0.2) is 34.0 Å². The Morgan fingerprint density at radius 3 is 2.47 bits per heavy atom. The van der Waals surface area contributed by atoms with Crippen molar-refractivity contribution in [1.82, 2.24) is 9.88 Å². The van der Waals surface area contributed by atoms with Crippen molar-refractivity contribution < 1.29 is 9.90 Å². The van der Waals surface area contributed by atoms with Crippen LogP contribution >= 0.6 is 0 Å². The maximum Gasteiger partial charge on any atom is 0.251 e. The number of carbonyl (C=O) groups is 1. The van der Waals surface area contributed by atoms with Gasteiger partial charge in [0.2, 0.25) is 0 Å². The molecule has 0 aliphatic heterocycles. The normalized spacial score (nSPS) is 12.6. The fourth-order valence-electron chi connectivity index (χ4n) is 1.51. The molecule has 0 unspecified atom stereocenters. The maximum atomic E-state index is 11.5. The summed E-state index contributed by atoms with van der Waals surface area (Å²) in [6.07, 6.45) is 0.871. The highest BCUT2D eigenvalue weighted by atomic mass is 16.3. The summed E-state index contributed by atoms with van der Waals surface area (Å²) < 4.78 is 0. The molecule has 0 radical (unpaired) electrons. The number of nitrogens with zero attached hydrogens (tertiary/aromatic N) is 2. The highest BCUT2D eigenvalue weighted by Gasteiger charge is 2.15. The minimum atomic E-state index is -0.963. The molecule has 1 N–H and O–H groups in total. The number of likely N-dealkylation sites (N-methyl/N-ethyl adjacent to an activating group) is 1. The number of hydrogen-bond donors (Lipinski definition) is 1. The largest absolute Gasteiger partial charge is 0.384 e. The number of aliphatic hydroxyl groups is 1. The van der Waals surface area contributed by atoms with E-state index in [0.717, 1.165) is 5.69 Å². The smallest absolute Gasteiger partial charge is 0.251 e. The van der Waals surface area contributed by atoms with Gasteiger partial charge >= 0.3 is 0 Å². The summed E-state index contributed by atoms with van der Waals surface area (Å²) in [6, 6.07) is 3.94. The van der Waals surface area contributed by atoms with E-state index in [4.69, 9.17) is 0 Å². The second-order valence-electron chi connectivity index (χ2n) is 4.61. The molecule has 0 aliphatic carbocycles. The Balaban J connectivity index is 2.66. The molecule has 4 nitrogen and oxygen atoms in total. The zero-order chi connectivity index (χ0) is 13.0. The van der Waals surface area contributed by atoms with Crippen molar-refractivity contribution in [3.63, 3.8) is 0 Å². The first-order chi connectivity index (χ1) is 7.91. The lowest BCUT2D eigenvalue weighted by atomic mass is 10.1. The number of aromatic nitrogens is 1. The first-order valence-corrected chi connectivity index (χ1v) is 5.79. The van der Waals surface area contributed by atoms with Gasteiger partial charge in [-0.2, -0.15) is 0 Å². The first-order valence-electron chi connectivity index (χ1n) is 5.79. The van der Waals surface area contributed by atoms with Crippen molar-refractivity contribution in [3.05, 3.63) is 29.6 Å². The molecular formula is C13H20N2O2. The fraction of sp³-hybridized carbons (Fsp3) is 0.538. The van der Waals surface area contributed by atoms with E-state index in [9.17, 15) is 9.90 Å². The van der Waals surface area contributed by atoms with Gasteiger partial charge in [0.05, 0.1) is 12.2 Å². The summed E-state index contributed by atoms with van der Waals surface area (Å²) in [5, 5.41) is 9.17. The molecule has 1 aromatic rings. The second-order valence-corrected chi connectivity index (χ2v) is 4.61. The molecule has 0 aliphatic rings. The monoisotopic (exact) mass is 236 g/mol. The molecule has 17 heavy (non-hydrogen) atoms. The van der Waals surface area contributed by atoms with Crippen LogP contribution in [0.4, 0.5) is 0 Å². The average Bonchev–Trinajstić information content (AvgIpc) is 2.28. The Hall–Kier alpha value is -1.42. The van der Waals surface area contributed by atoms with Gasteiger partial charge in [-0.05, 0) is 24.5 Å². The third-order valence-electron chi connectivity index (χ3n) is 2.65. The Kier molecular flexibility index (Phi) is 4.63. The van der Waals surface area contributed by atoms with Crippen LogP contribution in [0.3, 0.4) is 0 Å². The second kappa shape index (κ2) is 5.77. The SMILES string of the molecule is CC(C)c1ccc(CN(C)C(=O)[C@@H](C)O)nc1. The van der Waals surface area contributed by atoms with E-state index in [0.29, 0.717) is 12.5 Å². The van der Waals surface area contributed by atoms with Crippen LogP contribution in [0.2, 0.25) is 0 Å². The van der Waals surface area contributed by atoms with Crippen LogP contribution in [0.15, 0.2) is 18.3 Å². The average molecular weight is 236 g/mol. The van der Waals surface area contributed by atoms with E-state index in [1.165, 1.54) is 17.4 Å². The van der Waals surface area contributed by atoms with E-state index in [1.54, 1.807) is 7.05 Å². The Morgan fingerprint density at radius 2 is 2.06 bits per heavy atom. The zero-order valence-electron chi connectivity index (χ0n) is 10.8. The van der Waals surface area contributed by atoms with Crippen LogP contribution in [0.25, 0.3) is 0 Å². The van der Waals surface area contributed by atoms with Gasteiger partial charge in [0.1, 0.15) is 6.10 Å². The molecule has 0 saturated heterocycles. The van der Waals surface area contributed by atoms with Crippen LogP contribution in [-0.2, 0) is 11.3 Å². The van der Waals surface area contributed by atoms with Crippen molar-refractivity contribution in [2.24, 2.45) is 0 Å². The van der Waals surface area contributed by atoms with Crippen molar-refractivity contribution in [2.75, 3.05) is 7.05 Å². The van der Waals surface area contributed by atoms with Gasteiger partial charge in [0, 0.05) is 13.2 Å². The number of rotatable bonds is 4. The van der Waals surface area contributed by atoms with Gasteiger partial charge in [-0.15, -0.1) is 0 Å². The minimum absolute atomic E-state index is 0.292. The van der Waals surface area contributed by atoms with Crippen molar-refractivity contribution in [2.45, 2.75) is 39.3 Å². The van der Waals surface area contributed by atoms with Crippen molar-refractivity contribution >= 4 is 5.91 Å². The van der Waals surface area contributed by atoms with E-state index in [2.05, 4.69) is 18.8 Å². The number of pyridine rings is 1. The van der Waals surface area contributed by atoms with Crippen molar-refractivity contribution in [3.8, 4) is 0 Å². The van der Waals surface area contributed by atoms with Gasteiger partial charge in [-0.3, -0.25) is 9.78 Å². The van der Waals surface area contributed by atoms with Gasteiger partial charge in [-0.1, -0.05) is 19.9 Å². The predicted molar refractivity (Wildman–Crippen MR) is 66.5 cm³/mol. The summed E-state index contributed by atoms with van der Waals surface area (Å²) >= 11 is 0. The summed E-state index contributed by atoms with van der Waals surface area (Å²) in [5.74, 6) is 0.160. The first kappa shape index (κ1) is 13.6. The zero-order valence-corrected chi connectivity index (χ0v) is 10.8. The third-order valence-corrected chi connectivity index (χ3v) is 2.65. The molecule has 1 heterocycles. The highest BCUT2D eigenvalue weighted by molar-refractivity contribution is 5.79. The van der Waals surface area contributed by atoms with E-state index in [1.807, 2.05) is 18.3 Å². The summed E-state index contributed by atoms with van der Waals surface area (Å²) in [6.45, 7) is 6.11. The van der Waals surface area contributed by atoms with Gasteiger partial charge < -0.3 is 10.0 Å². The molecule has 4 heteroatoms. The lowest BCUT2D eigenvalue weighted by Gasteiger charge is -2.18. The molecule has 1 rings (SSSR count). The number of hydrogen-bond acceptors (Lipinski definition) is 3. The molecule has 1 atom stereocenters. The molecule has 0 saturated carbocycles. The summed E-state index contributed by atoms with van der Waals surface area (Å²) in [7, 11) is 1.66. The molecule has 0 aromatic carbocycles. The van der Waals surface area contributed by atoms with Crippen LogP contribution in [0, 0.1) is 0 Å². The number of carbonyl (C=O) groups excluding carboxylic acids is 1. The molecular weight excluding hydrogens is 216 g/mol. The maximum absolute atomic E-state index is 11.5. The molecule has 94 valence electrons. The Labute approximate surface area is 102 Å². The van der Waals surface area contributed by atoms with Gasteiger partial charge in [0.25, 0.3) is 5.91 Å². The van der Waals surface area contributed by atoms with E-state index < -0.39 is 6.10 Å². The van der Waals surface area contributed by atoms with Gasteiger partial charge in [0.15, 0.2) is 0 Å². The highest BCUT2D eigenvalue weighted by Crippen LogP contribution is 2.13. The molecule has 1 amide bonds. The predicted octanol–water partition coefficient (Wildman–Crippen LogP) is 1.54. The van der Waals surface area contributed by atoms with Crippen LogP contribution in [0.5, 0.6) is 0 Å². The minimum Gasteiger partial charge on any atom is -0.384 e. The lowest BCUT2D eigenvalue weighted by Crippen LogP contribution is -2.34. The lowest BCUT2D eigenvalue weighted by molar-refractivity contribution is -0.138. The third kappa shape index (κ3) is 3.82. The Morgan fingerprint density at radius 1 is 1.41 bits per heavy atom. The van der Waals surface area contributed by atoms with E-state index in [-0.39, 0.29) is 5.91 Å². The standard InChI is InChI=1S/C13H20N2O2/c1-9(2)11-5-6-12(14-7-11)8-15(4)13(17)10(3)16/h5-7,9-10,16H,8H2,1-4H3/t10-/m1/s1. The molecule has 1 aromatic heterocycles. The summed E-state index contributed by atoms with van der Waals surface area (Å²) in [5.41, 5.74) is 2.00. The van der Waals surface area contributed by atoms with Crippen LogP contribution < -0.4 is 0 Å². The van der Waals surface area contributed by atoms with Crippen LogP contribution in [0.1, 0.15) is 37.9 Å². The number of aliphatic hydroxyl groups excluding tert-OH is 1. The van der Waals surface area contributed by atoms with E-state index >= 15 is 0 Å². The topological polar surface area (TPSA) is 53.4 Å².